The average molecular weight is 347 g/mol. The van der Waals surface area contributed by atoms with Crippen molar-refractivity contribution < 1.29 is 14.1 Å². The standard InChI is InChI=1S/C16H18FN5O3/c1-11(23)18-8-9-19-16-14(22(24)25)6-7-15(21-16)20-10-12-2-4-13(17)5-3-12/h2-7H,8-10H2,1H3,(H,18,23)(H2,19,20,21). The third-order valence-corrected chi connectivity index (χ3v) is 3.25. The van der Waals surface area contributed by atoms with Gasteiger partial charge < -0.3 is 16.0 Å². The number of halogens is 1. The number of carbonyl (C=O) groups is 1. The first kappa shape index (κ1) is 18.1. The average Bonchev–Trinajstić information content (AvgIpc) is 2.58. The third kappa shape index (κ3) is 5.72. The van der Waals surface area contributed by atoms with Crippen LogP contribution in [0.5, 0.6) is 0 Å². The molecule has 9 heteroatoms. The number of nitrogens with zero attached hydrogens (tertiary/aromatic N) is 2. The first-order valence-electron chi connectivity index (χ1n) is 7.58. The maximum atomic E-state index is 12.9. The van der Waals surface area contributed by atoms with Crippen molar-refractivity contribution in [3.05, 3.63) is 57.9 Å². The van der Waals surface area contributed by atoms with Crippen molar-refractivity contribution in [2.75, 3.05) is 23.7 Å². The highest BCUT2D eigenvalue weighted by atomic mass is 19.1. The molecule has 1 heterocycles. The first-order valence-corrected chi connectivity index (χ1v) is 7.58. The van der Waals surface area contributed by atoms with E-state index >= 15 is 0 Å². The van der Waals surface area contributed by atoms with Crippen LogP contribution in [0.25, 0.3) is 0 Å². The Morgan fingerprint density at radius 2 is 1.88 bits per heavy atom. The van der Waals surface area contributed by atoms with Crippen LogP contribution in [0.15, 0.2) is 36.4 Å². The largest absolute Gasteiger partial charge is 0.366 e. The van der Waals surface area contributed by atoms with Gasteiger partial charge in [-0.25, -0.2) is 9.37 Å². The Balaban J connectivity index is 2.03. The van der Waals surface area contributed by atoms with Crippen molar-refractivity contribution in [2.24, 2.45) is 0 Å². The second-order valence-corrected chi connectivity index (χ2v) is 5.21. The molecule has 0 aliphatic carbocycles. The van der Waals surface area contributed by atoms with Crippen LogP contribution in [-0.2, 0) is 11.3 Å². The number of amides is 1. The van der Waals surface area contributed by atoms with E-state index in [1.165, 1.54) is 31.2 Å². The van der Waals surface area contributed by atoms with Gasteiger partial charge in [-0.1, -0.05) is 12.1 Å². The lowest BCUT2D eigenvalue weighted by molar-refractivity contribution is -0.384. The number of carbonyl (C=O) groups excluding carboxylic acids is 1. The normalized spacial score (nSPS) is 10.2. The molecule has 0 saturated heterocycles. The van der Waals surface area contributed by atoms with Crippen molar-refractivity contribution in [1.29, 1.82) is 0 Å². The van der Waals surface area contributed by atoms with Crippen LogP contribution in [0.3, 0.4) is 0 Å². The van der Waals surface area contributed by atoms with E-state index in [-0.39, 0.29) is 23.2 Å². The second-order valence-electron chi connectivity index (χ2n) is 5.21. The molecule has 8 nitrogen and oxygen atoms in total. The van der Waals surface area contributed by atoms with Gasteiger partial charge in [-0.3, -0.25) is 14.9 Å². The predicted octanol–water partition coefficient (Wildman–Crippen LogP) is 2.29. The van der Waals surface area contributed by atoms with Crippen LogP contribution in [0.1, 0.15) is 12.5 Å². The summed E-state index contributed by atoms with van der Waals surface area (Å²) in [6.45, 7) is 2.41. The van der Waals surface area contributed by atoms with E-state index in [1.54, 1.807) is 12.1 Å². The quantitative estimate of drug-likeness (QED) is 0.384. The van der Waals surface area contributed by atoms with Crippen molar-refractivity contribution >= 4 is 23.2 Å². The van der Waals surface area contributed by atoms with Crippen molar-refractivity contribution in [3.63, 3.8) is 0 Å². The maximum Gasteiger partial charge on any atom is 0.311 e. The molecular weight excluding hydrogens is 329 g/mol. The molecule has 2 aromatic rings. The lowest BCUT2D eigenvalue weighted by Crippen LogP contribution is -2.26. The van der Waals surface area contributed by atoms with Crippen LogP contribution < -0.4 is 16.0 Å². The monoisotopic (exact) mass is 347 g/mol. The highest BCUT2D eigenvalue weighted by Gasteiger charge is 2.15. The number of hydrogen-bond acceptors (Lipinski definition) is 6. The summed E-state index contributed by atoms with van der Waals surface area (Å²) < 4.78 is 12.9. The Morgan fingerprint density at radius 1 is 1.16 bits per heavy atom. The number of benzene rings is 1. The number of aromatic nitrogens is 1. The van der Waals surface area contributed by atoms with Crippen LogP contribution >= 0.6 is 0 Å². The summed E-state index contributed by atoms with van der Waals surface area (Å²) in [5.74, 6) is 0.0539. The number of rotatable bonds is 8. The molecule has 0 bridgehead atoms. The molecule has 1 amide bonds. The Labute approximate surface area is 143 Å². The van der Waals surface area contributed by atoms with Crippen LogP contribution in [0.2, 0.25) is 0 Å². The molecule has 2 rings (SSSR count). The van der Waals surface area contributed by atoms with Gasteiger partial charge in [0.1, 0.15) is 11.6 Å². The van der Waals surface area contributed by atoms with Crippen molar-refractivity contribution in [2.45, 2.75) is 13.5 Å². The Kier molecular flexibility index (Phi) is 6.21. The molecule has 0 spiro atoms. The fourth-order valence-corrected chi connectivity index (χ4v) is 2.04. The number of pyridine rings is 1. The van der Waals surface area contributed by atoms with Crippen molar-refractivity contribution in [1.82, 2.24) is 10.3 Å². The molecular formula is C16H18FN5O3. The van der Waals surface area contributed by atoms with Gasteiger partial charge in [0.15, 0.2) is 0 Å². The Bertz CT molecular complexity index is 752. The Morgan fingerprint density at radius 3 is 2.52 bits per heavy atom. The summed E-state index contributed by atoms with van der Waals surface area (Å²) in [7, 11) is 0. The van der Waals surface area contributed by atoms with Gasteiger partial charge in [0, 0.05) is 32.6 Å². The van der Waals surface area contributed by atoms with E-state index in [4.69, 9.17) is 0 Å². The SMILES string of the molecule is CC(=O)NCCNc1nc(NCc2ccc(F)cc2)ccc1[N+](=O)[O-]. The molecule has 1 aromatic carbocycles. The minimum absolute atomic E-state index is 0.111. The van der Waals surface area contributed by atoms with E-state index in [0.29, 0.717) is 25.5 Å². The molecule has 1 aromatic heterocycles. The lowest BCUT2D eigenvalue weighted by Gasteiger charge is -2.10. The topological polar surface area (TPSA) is 109 Å². The molecule has 0 atom stereocenters. The molecule has 0 fully saturated rings. The van der Waals surface area contributed by atoms with E-state index in [1.807, 2.05) is 0 Å². The summed E-state index contributed by atoms with van der Waals surface area (Å²) in [6.07, 6.45) is 0. The Hall–Kier alpha value is -3.23. The van der Waals surface area contributed by atoms with Crippen LogP contribution in [-0.4, -0.2) is 28.9 Å². The maximum absolute atomic E-state index is 12.9. The van der Waals surface area contributed by atoms with Crippen molar-refractivity contribution in [3.8, 4) is 0 Å². The summed E-state index contributed by atoms with van der Waals surface area (Å²) in [5.41, 5.74) is 0.692. The third-order valence-electron chi connectivity index (χ3n) is 3.25. The van der Waals surface area contributed by atoms with Gasteiger partial charge in [-0.05, 0) is 23.8 Å². The zero-order chi connectivity index (χ0) is 18.2. The van der Waals surface area contributed by atoms with Gasteiger partial charge in [0.25, 0.3) is 0 Å². The summed E-state index contributed by atoms with van der Waals surface area (Å²) in [5, 5.41) is 19.5. The number of hydrogen-bond donors (Lipinski definition) is 3. The fourth-order valence-electron chi connectivity index (χ4n) is 2.04. The zero-order valence-corrected chi connectivity index (χ0v) is 13.6. The van der Waals surface area contributed by atoms with Gasteiger partial charge in [-0.2, -0.15) is 0 Å². The molecule has 0 unspecified atom stereocenters. The summed E-state index contributed by atoms with van der Waals surface area (Å²) >= 11 is 0. The molecule has 25 heavy (non-hydrogen) atoms. The molecule has 132 valence electrons. The lowest BCUT2D eigenvalue weighted by atomic mass is 10.2. The van der Waals surface area contributed by atoms with Crippen LogP contribution in [0.4, 0.5) is 21.7 Å². The van der Waals surface area contributed by atoms with Gasteiger partial charge in [0.2, 0.25) is 11.7 Å². The predicted molar refractivity (Wildman–Crippen MR) is 91.8 cm³/mol. The molecule has 0 aliphatic rings. The minimum Gasteiger partial charge on any atom is -0.366 e. The fraction of sp³-hybridized carbons (Fsp3) is 0.250. The molecule has 0 aliphatic heterocycles. The molecule has 0 saturated carbocycles. The van der Waals surface area contributed by atoms with Crippen LogP contribution in [0, 0.1) is 15.9 Å². The summed E-state index contributed by atoms with van der Waals surface area (Å²) in [6, 6.07) is 8.84. The zero-order valence-electron chi connectivity index (χ0n) is 13.6. The molecule has 0 radical (unpaired) electrons. The van der Waals surface area contributed by atoms with E-state index in [2.05, 4.69) is 20.9 Å². The van der Waals surface area contributed by atoms with Gasteiger partial charge in [-0.15, -0.1) is 0 Å². The van der Waals surface area contributed by atoms with E-state index in [0.717, 1.165) is 5.56 Å². The number of anilines is 2. The molecule has 3 N–H and O–H groups in total. The van der Waals surface area contributed by atoms with E-state index in [9.17, 15) is 19.3 Å². The van der Waals surface area contributed by atoms with E-state index < -0.39 is 4.92 Å². The second kappa shape index (κ2) is 8.57. The smallest absolute Gasteiger partial charge is 0.311 e. The van der Waals surface area contributed by atoms with Gasteiger partial charge >= 0.3 is 5.69 Å². The number of nitro groups is 1. The highest BCUT2D eigenvalue weighted by molar-refractivity contribution is 5.72. The highest BCUT2D eigenvalue weighted by Crippen LogP contribution is 2.24. The minimum atomic E-state index is -0.530. The summed E-state index contributed by atoms with van der Waals surface area (Å²) in [4.78, 5) is 25.6. The van der Waals surface area contributed by atoms with Gasteiger partial charge in [0.05, 0.1) is 4.92 Å². The first-order chi connectivity index (χ1) is 12.0. The number of nitrogens with one attached hydrogen (secondary N) is 3.